The Hall–Kier alpha value is -1.02. The maximum atomic E-state index is 10.1. The van der Waals surface area contributed by atoms with E-state index in [-0.39, 0.29) is 12.0 Å². The first-order chi connectivity index (χ1) is 7.20. The molecule has 1 aliphatic heterocycles. The molecular weight excluding hydrogens is 188 g/mol. The molecule has 82 valence electrons. The summed E-state index contributed by atoms with van der Waals surface area (Å²) >= 11 is 0. The summed E-state index contributed by atoms with van der Waals surface area (Å²) in [6, 6.07) is 8.04. The Balaban J connectivity index is 2.42. The molecule has 0 radical (unpaired) electrons. The van der Waals surface area contributed by atoms with Crippen molar-refractivity contribution in [3.8, 4) is 5.75 Å². The molecule has 15 heavy (non-hydrogen) atoms. The number of aliphatic hydroxyl groups is 1. The van der Waals surface area contributed by atoms with Gasteiger partial charge in [0.25, 0.3) is 0 Å². The van der Waals surface area contributed by atoms with Crippen molar-refractivity contribution in [1.29, 1.82) is 0 Å². The molecule has 0 amide bonds. The molecule has 0 aromatic heterocycles. The number of fused-ring (bicyclic) bond motifs is 1. The zero-order valence-electron chi connectivity index (χ0n) is 9.31. The summed E-state index contributed by atoms with van der Waals surface area (Å²) in [6.07, 6.45) is 0.436. The van der Waals surface area contributed by atoms with Gasteiger partial charge in [-0.1, -0.05) is 32.0 Å². The predicted octanol–water partition coefficient (Wildman–Crippen LogP) is 2.57. The van der Waals surface area contributed by atoms with E-state index in [1.807, 2.05) is 18.2 Å². The minimum absolute atomic E-state index is 0.198. The monoisotopic (exact) mass is 206 g/mol. The molecule has 1 heterocycles. The van der Waals surface area contributed by atoms with Gasteiger partial charge in [0, 0.05) is 17.9 Å². The van der Waals surface area contributed by atoms with Crippen LogP contribution in [0, 0.1) is 5.92 Å². The summed E-state index contributed by atoms with van der Waals surface area (Å²) in [5.74, 6) is 1.57. The normalized spacial score (nSPS) is 25.6. The highest BCUT2D eigenvalue weighted by molar-refractivity contribution is 5.38. The van der Waals surface area contributed by atoms with Gasteiger partial charge >= 0.3 is 0 Å². The van der Waals surface area contributed by atoms with Crippen LogP contribution in [0.15, 0.2) is 24.3 Å². The lowest BCUT2D eigenvalue weighted by Gasteiger charge is -2.24. The maximum Gasteiger partial charge on any atom is 0.122 e. The number of ether oxygens (including phenoxy) is 1. The predicted molar refractivity (Wildman–Crippen MR) is 60.1 cm³/mol. The van der Waals surface area contributed by atoms with Gasteiger partial charge in [-0.25, -0.2) is 0 Å². The molecule has 1 aromatic rings. The van der Waals surface area contributed by atoms with Crippen molar-refractivity contribution in [2.24, 2.45) is 5.92 Å². The van der Waals surface area contributed by atoms with Gasteiger partial charge in [0.1, 0.15) is 5.75 Å². The van der Waals surface area contributed by atoms with E-state index >= 15 is 0 Å². The van der Waals surface area contributed by atoms with Crippen molar-refractivity contribution in [3.63, 3.8) is 0 Å². The molecule has 0 fully saturated rings. The summed E-state index contributed by atoms with van der Waals surface area (Å²) in [5.41, 5.74) is 1.15. The largest absolute Gasteiger partial charge is 0.493 e. The average Bonchev–Trinajstić information content (AvgIpc) is 2.35. The van der Waals surface area contributed by atoms with Crippen LogP contribution in [-0.2, 0) is 0 Å². The van der Waals surface area contributed by atoms with Gasteiger partial charge in [0.15, 0.2) is 0 Å². The molecular formula is C13H18O2. The number of rotatable bonds is 1. The molecule has 0 saturated carbocycles. The smallest absolute Gasteiger partial charge is 0.122 e. The molecule has 2 nitrogen and oxygen atoms in total. The average molecular weight is 206 g/mol. The molecule has 0 unspecified atom stereocenters. The highest BCUT2D eigenvalue weighted by atomic mass is 16.5. The van der Waals surface area contributed by atoms with Crippen LogP contribution >= 0.6 is 0 Å². The minimum atomic E-state index is -0.284. The van der Waals surface area contributed by atoms with Crippen molar-refractivity contribution in [2.45, 2.75) is 32.3 Å². The van der Waals surface area contributed by atoms with Crippen LogP contribution in [0.1, 0.15) is 31.7 Å². The van der Waals surface area contributed by atoms with Gasteiger partial charge in [-0.3, -0.25) is 0 Å². The molecule has 1 aliphatic rings. The van der Waals surface area contributed by atoms with Gasteiger partial charge in [-0.05, 0) is 12.0 Å². The third-order valence-corrected chi connectivity index (χ3v) is 3.08. The van der Waals surface area contributed by atoms with E-state index in [1.54, 1.807) is 0 Å². The zero-order chi connectivity index (χ0) is 10.8. The van der Waals surface area contributed by atoms with E-state index in [0.29, 0.717) is 12.5 Å². The summed E-state index contributed by atoms with van der Waals surface area (Å²) in [6.45, 7) is 4.91. The Morgan fingerprint density at radius 2 is 2.07 bits per heavy atom. The van der Waals surface area contributed by atoms with Crippen molar-refractivity contribution < 1.29 is 9.84 Å². The van der Waals surface area contributed by atoms with E-state index in [9.17, 15) is 5.11 Å². The molecule has 1 aromatic carbocycles. The van der Waals surface area contributed by atoms with Gasteiger partial charge in [-0.15, -0.1) is 0 Å². The summed E-state index contributed by atoms with van der Waals surface area (Å²) in [4.78, 5) is 0. The van der Waals surface area contributed by atoms with Gasteiger partial charge in [-0.2, -0.15) is 0 Å². The molecule has 0 aliphatic carbocycles. The summed E-state index contributed by atoms with van der Waals surface area (Å²) in [5, 5.41) is 10.1. The number of para-hydroxylation sites is 1. The second-order valence-corrected chi connectivity index (χ2v) is 4.51. The minimum Gasteiger partial charge on any atom is -0.493 e. The van der Waals surface area contributed by atoms with Gasteiger partial charge in [0.2, 0.25) is 0 Å². The van der Waals surface area contributed by atoms with E-state index in [2.05, 4.69) is 19.9 Å². The molecule has 0 spiro atoms. The fraction of sp³-hybridized carbons (Fsp3) is 0.538. The van der Waals surface area contributed by atoms with E-state index in [1.165, 1.54) is 0 Å². The van der Waals surface area contributed by atoms with Crippen molar-refractivity contribution in [1.82, 2.24) is 0 Å². The van der Waals surface area contributed by atoms with Crippen LogP contribution in [0.3, 0.4) is 0 Å². The Bertz CT molecular complexity index is 333. The molecule has 2 atom stereocenters. The maximum absolute atomic E-state index is 10.1. The van der Waals surface area contributed by atoms with E-state index < -0.39 is 0 Å². The lowest BCUT2D eigenvalue weighted by atomic mass is 9.83. The van der Waals surface area contributed by atoms with E-state index in [4.69, 9.17) is 4.74 Å². The summed E-state index contributed by atoms with van der Waals surface area (Å²) in [7, 11) is 0. The number of hydrogen-bond donors (Lipinski definition) is 1. The zero-order valence-corrected chi connectivity index (χ0v) is 9.31. The first kappa shape index (κ1) is 10.5. The highest BCUT2D eigenvalue weighted by Crippen LogP contribution is 2.37. The summed E-state index contributed by atoms with van der Waals surface area (Å²) < 4.78 is 5.64. The van der Waals surface area contributed by atoms with Crippen molar-refractivity contribution >= 4 is 0 Å². The Kier molecular flexibility index (Phi) is 2.96. The van der Waals surface area contributed by atoms with Crippen LogP contribution in [-0.4, -0.2) is 17.8 Å². The molecule has 2 rings (SSSR count). The second-order valence-electron chi connectivity index (χ2n) is 4.51. The standard InChI is InChI=1S/C13H18O2/c1-9(2)13-10-5-3-4-6-12(10)15-8-7-11(13)14/h3-6,9,11,13-14H,7-8H2,1-2H3/t11-,13+/m1/s1. The molecule has 2 heteroatoms. The number of hydrogen-bond acceptors (Lipinski definition) is 2. The fourth-order valence-corrected chi connectivity index (χ4v) is 2.37. The van der Waals surface area contributed by atoms with Crippen LogP contribution in [0.2, 0.25) is 0 Å². The first-order valence-corrected chi connectivity index (χ1v) is 5.60. The third-order valence-electron chi connectivity index (χ3n) is 3.08. The van der Waals surface area contributed by atoms with Crippen molar-refractivity contribution in [3.05, 3.63) is 29.8 Å². The van der Waals surface area contributed by atoms with Crippen LogP contribution in [0.25, 0.3) is 0 Å². The Labute approximate surface area is 90.9 Å². The van der Waals surface area contributed by atoms with Crippen LogP contribution in [0.4, 0.5) is 0 Å². The van der Waals surface area contributed by atoms with Gasteiger partial charge in [0.05, 0.1) is 12.7 Å². The van der Waals surface area contributed by atoms with Crippen LogP contribution < -0.4 is 4.74 Å². The quantitative estimate of drug-likeness (QED) is 0.765. The van der Waals surface area contributed by atoms with Gasteiger partial charge < -0.3 is 9.84 Å². The van der Waals surface area contributed by atoms with Crippen LogP contribution in [0.5, 0.6) is 5.75 Å². The molecule has 0 bridgehead atoms. The number of aliphatic hydroxyl groups excluding tert-OH is 1. The topological polar surface area (TPSA) is 29.5 Å². The third kappa shape index (κ3) is 2.00. The lowest BCUT2D eigenvalue weighted by molar-refractivity contribution is 0.107. The Morgan fingerprint density at radius 1 is 1.33 bits per heavy atom. The number of benzene rings is 1. The van der Waals surface area contributed by atoms with Crippen molar-refractivity contribution in [2.75, 3.05) is 6.61 Å². The first-order valence-electron chi connectivity index (χ1n) is 5.60. The lowest BCUT2D eigenvalue weighted by Crippen LogP contribution is -2.22. The highest BCUT2D eigenvalue weighted by Gasteiger charge is 2.29. The van der Waals surface area contributed by atoms with E-state index in [0.717, 1.165) is 17.7 Å². The fourth-order valence-electron chi connectivity index (χ4n) is 2.37. The Morgan fingerprint density at radius 3 is 2.80 bits per heavy atom. The molecule has 1 N–H and O–H groups in total. The second kappa shape index (κ2) is 4.23. The molecule has 0 saturated heterocycles. The SMILES string of the molecule is CC(C)[C@H]1c2ccccc2OCC[C@H]1O.